The van der Waals surface area contributed by atoms with Crippen molar-refractivity contribution >= 4 is 52.4 Å². The van der Waals surface area contributed by atoms with Crippen LogP contribution in [-0.4, -0.2) is 27.4 Å². The van der Waals surface area contributed by atoms with Crippen LogP contribution in [0.3, 0.4) is 0 Å². The van der Waals surface area contributed by atoms with Crippen molar-refractivity contribution in [3.8, 4) is 0 Å². The number of aryl methyl sites for hydroxylation is 1. The van der Waals surface area contributed by atoms with Crippen molar-refractivity contribution in [1.29, 1.82) is 0 Å². The van der Waals surface area contributed by atoms with Gasteiger partial charge in [0.05, 0.1) is 16.8 Å². The first-order valence-corrected chi connectivity index (χ1v) is 15.5. The molecule has 214 valence electrons. The summed E-state index contributed by atoms with van der Waals surface area (Å²) >= 11 is 7.84. The van der Waals surface area contributed by atoms with Gasteiger partial charge in [0.1, 0.15) is 0 Å². The summed E-state index contributed by atoms with van der Waals surface area (Å²) in [5.41, 5.74) is 5.47. The number of pyridine rings is 1. The number of aliphatic hydroxyl groups is 1. The molecule has 0 aliphatic rings. The van der Waals surface area contributed by atoms with E-state index in [9.17, 15) is 15.0 Å². The Bertz CT molecular complexity index is 1520. The summed E-state index contributed by atoms with van der Waals surface area (Å²) < 4.78 is 0. The van der Waals surface area contributed by atoms with E-state index >= 15 is 0 Å². The van der Waals surface area contributed by atoms with Crippen LogP contribution < -0.4 is 34.7 Å². The minimum absolute atomic E-state index is 0. The standard InChI is InChI=1S/C35H38ClNO3S.Na/c1-4-25(34(38)39)23-41-33(19-15-26-9-5-6-10-29(26)22-35(2,3)40)28-11-7-8-24(20-28)12-17-31-18-14-27-13-16-30(36)21-32(27)37-31;/h5-14,16-18,20-21,25,33,40H,4,15,19,22-23H2,1-3H3,(H,38,39);/q;+1/p-1/t25-,33+;/m1./s1. The Kier molecular flexibility index (Phi) is 13.2. The fraction of sp³-hybridized carbons (Fsp3) is 0.314. The first kappa shape index (κ1) is 34.4. The quantitative estimate of drug-likeness (QED) is 0.225. The summed E-state index contributed by atoms with van der Waals surface area (Å²) in [7, 11) is 0. The van der Waals surface area contributed by atoms with Gasteiger partial charge in [-0.1, -0.05) is 85.3 Å². The van der Waals surface area contributed by atoms with E-state index < -0.39 is 17.5 Å². The van der Waals surface area contributed by atoms with Gasteiger partial charge in [0.15, 0.2) is 0 Å². The molecule has 4 nitrogen and oxygen atoms in total. The van der Waals surface area contributed by atoms with Crippen LogP contribution in [0.5, 0.6) is 0 Å². The molecule has 0 fully saturated rings. The maximum Gasteiger partial charge on any atom is 1.00 e. The minimum Gasteiger partial charge on any atom is -0.550 e. The van der Waals surface area contributed by atoms with E-state index in [4.69, 9.17) is 16.6 Å². The number of nitrogens with zero attached hydrogens (tertiary/aromatic N) is 1. The van der Waals surface area contributed by atoms with Crippen molar-refractivity contribution in [2.75, 3.05) is 5.75 Å². The maximum absolute atomic E-state index is 11.6. The second kappa shape index (κ2) is 16.1. The predicted octanol–water partition coefficient (Wildman–Crippen LogP) is 4.56. The van der Waals surface area contributed by atoms with E-state index in [-0.39, 0.29) is 34.8 Å². The zero-order chi connectivity index (χ0) is 29.4. The van der Waals surface area contributed by atoms with Crippen molar-refractivity contribution in [3.63, 3.8) is 0 Å². The topological polar surface area (TPSA) is 73.2 Å². The second-order valence-corrected chi connectivity index (χ2v) is 12.8. The van der Waals surface area contributed by atoms with Crippen LogP contribution in [0.25, 0.3) is 23.1 Å². The molecule has 0 saturated carbocycles. The number of fused-ring (bicyclic) bond motifs is 1. The molecule has 4 rings (SSSR count). The number of carbonyl (C=O) groups is 1. The molecule has 0 bridgehead atoms. The average molecular weight is 610 g/mol. The number of aliphatic carboxylic acids is 1. The maximum atomic E-state index is 11.6. The fourth-order valence-corrected chi connectivity index (χ4v) is 6.53. The van der Waals surface area contributed by atoms with Crippen molar-refractivity contribution < 1.29 is 44.6 Å². The Balaban J connectivity index is 0.00000484. The van der Waals surface area contributed by atoms with E-state index in [2.05, 4.69) is 42.5 Å². The van der Waals surface area contributed by atoms with Gasteiger partial charge in [-0.3, -0.25) is 0 Å². The molecular weight excluding hydrogens is 573 g/mol. The molecule has 0 amide bonds. The van der Waals surface area contributed by atoms with Crippen LogP contribution in [0.1, 0.15) is 66.8 Å². The Morgan fingerprint density at radius 3 is 2.48 bits per heavy atom. The molecule has 4 aromatic rings. The van der Waals surface area contributed by atoms with Gasteiger partial charge in [0, 0.05) is 39.7 Å². The Labute approximate surface area is 280 Å². The van der Waals surface area contributed by atoms with E-state index in [0.29, 0.717) is 23.6 Å². The van der Waals surface area contributed by atoms with Crippen LogP contribution in [0.4, 0.5) is 0 Å². The van der Waals surface area contributed by atoms with Gasteiger partial charge in [-0.2, -0.15) is 11.8 Å². The molecule has 7 heteroatoms. The third-order valence-electron chi connectivity index (χ3n) is 7.15. The number of thioether (sulfide) groups is 1. The number of hydrogen-bond acceptors (Lipinski definition) is 5. The van der Waals surface area contributed by atoms with Crippen molar-refractivity contribution in [2.24, 2.45) is 5.92 Å². The molecule has 2 atom stereocenters. The molecule has 1 N–H and O–H groups in total. The zero-order valence-corrected chi connectivity index (χ0v) is 28.4. The first-order valence-electron chi connectivity index (χ1n) is 14.1. The molecule has 1 aromatic heterocycles. The largest absolute Gasteiger partial charge is 1.00 e. The summed E-state index contributed by atoms with van der Waals surface area (Å²) in [6.45, 7) is 5.55. The Morgan fingerprint density at radius 2 is 1.76 bits per heavy atom. The van der Waals surface area contributed by atoms with Gasteiger partial charge in [-0.25, -0.2) is 4.98 Å². The smallest absolute Gasteiger partial charge is 0.550 e. The molecule has 3 aromatic carbocycles. The van der Waals surface area contributed by atoms with Gasteiger partial charge in [-0.15, -0.1) is 0 Å². The van der Waals surface area contributed by atoms with Crippen molar-refractivity contribution in [2.45, 2.75) is 57.3 Å². The number of carboxylic acids is 1. The van der Waals surface area contributed by atoms with Gasteiger partial charge >= 0.3 is 29.6 Å². The Morgan fingerprint density at radius 1 is 1.02 bits per heavy atom. The van der Waals surface area contributed by atoms with Crippen LogP contribution in [0, 0.1) is 5.92 Å². The summed E-state index contributed by atoms with van der Waals surface area (Å²) in [5, 5.41) is 23.9. The molecule has 0 spiro atoms. The molecule has 0 aliphatic heterocycles. The predicted molar refractivity (Wildman–Crippen MR) is 171 cm³/mol. The average Bonchev–Trinajstić information content (AvgIpc) is 2.93. The molecule has 0 saturated heterocycles. The van der Waals surface area contributed by atoms with E-state index in [1.165, 1.54) is 5.56 Å². The van der Waals surface area contributed by atoms with E-state index in [1.54, 1.807) is 11.8 Å². The Hall–Kier alpha value is -2.12. The van der Waals surface area contributed by atoms with Crippen LogP contribution in [0.2, 0.25) is 5.02 Å². The molecule has 1 heterocycles. The van der Waals surface area contributed by atoms with Crippen molar-refractivity contribution in [1.82, 2.24) is 4.98 Å². The minimum atomic E-state index is -0.991. The number of hydrogen-bond donors (Lipinski definition) is 1. The number of benzene rings is 3. The number of aromatic nitrogens is 1. The van der Waals surface area contributed by atoms with E-state index in [1.807, 2.05) is 69.3 Å². The molecular formula is C35H37ClNNaO3S. The SMILES string of the molecule is CC[C@H](CS[C@@H](CCc1ccccc1CC(C)(C)O)c1cccc(C=Cc2ccc3ccc(Cl)cc3n2)c1)C(=O)[O-].[Na+]. The third kappa shape index (κ3) is 10.3. The van der Waals surface area contributed by atoms with Gasteiger partial charge in [0.2, 0.25) is 0 Å². The van der Waals surface area contributed by atoms with Crippen LogP contribution in [-0.2, 0) is 17.6 Å². The normalized spacial score (nSPS) is 13.2. The molecule has 0 aliphatic carbocycles. The molecule has 0 unspecified atom stereocenters. The van der Waals surface area contributed by atoms with Crippen LogP contribution >= 0.6 is 23.4 Å². The number of rotatable bonds is 13. The van der Waals surface area contributed by atoms with Gasteiger partial charge < -0.3 is 15.0 Å². The molecule has 0 radical (unpaired) electrons. The number of halogens is 1. The fourth-order valence-electron chi connectivity index (χ4n) is 4.90. The molecule has 42 heavy (non-hydrogen) atoms. The zero-order valence-electron chi connectivity index (χ0n) is 24.8. The van der Waals surface area contributed by atoms with E-state index in [0.717, 1.165) is 46.1 Å². The van der Waals surface area contributed by atoms with Gasteiger partial charge in [0.25, 0.3) is 0 Å². The first-order chi connectivity index (χ1) is 19.6. The summed E-state index contributed by atoms with van der Waals surface area (Å²) in [6, 6.07) is 26.4. The summed E-state index contributed by atoms with van der Waals surface area (Å²) in [4.78, 5) is 16.4. The van der Waals surface area contributed by atoms with Crippen LogP contribution in [0.15, 0.2) is 78.9 Å². The monoisotopic (exact) mass is 609 g/mol. The number of carbonyl (C=O) groups excluding carboxylic acids is 1. The summed E-state index contributed by atoms with van der Waals surface area (Å²) in [6.07, 6.45) is 6.85. The van der Waals surface area contributed by atoms with Gasteiger partial charge in [-0.05, 0) is 79.6 Å². The summed E-state index contributed by atoms with van der Waals surface area (Å²) in [5.74, 6) is -0.978. The second-order valence-electron chi connectivity index (χ2n) is 11.1. The number of carboxylic acid groups (broad SMARTS) is 1. The van der Waals surface area contributed by atoms with Crippen molar-refractivity contribution in [3.05, 3.63) is 112 Å². The third-order valence-corrected chi connectivity index (χ3v) is 8.89.